The lowest BCUT2D eigenvalue weighted by atomic mass is 9.69. The van der Waals surface area contributed by atoms with Crippen molar-refractivity contribution in [1.82, 2.24) is 5.32 Å². The molecule has 2 aliphatic rings. The molecule has 0 amide bonds. The van der Waals surface area contributed by atoms with E-state index in [1.54, 1.807) is 0 Å². The SMILES string of the molecule is C[C@H](O)CNC1C[C@@H]2CC[C@@]1(C)C2(C)C. The summed E-state index contributed by atoms with van der Waals surface area (Å²) in [6, 6.07) is 0.612. The molecule has 2 N–H and O–H groups in total. The van der Waals surface area contributed by atoms with Gasteiger partial charge in [0.05, 0.1) is 6.10 Å². The van der Waals surface area contributed by atoms with Gasteiger partial charge in [0.1, 0.15) is 0 Å². The highest BCUT2D eigenvalue weighted by Crippen LogP contribution is 2.65. The Morgan fingerprint density at radius 1 is 1.40 bits per heavy atom. The Balaban J connectivity index is 2.06. The molecule has 2 fully saturated rings. The van der Waals surface area contributed by atoms with Gasteiger partial charge in [0.25, 0.3) is 0 Å². The molecule has 15 heavy (non-hydrogen) atoms. The van der Waals surface area contributed by atoms with Crippen LogP contribution in [0.2, 0.25) is 0 Å². The number of hydrogen-bond acceptors (Lipinski definition) is 2. The van der Waals surface area contributed by atoms with Crippen LogP contribution in [0.15, 0.2) is 0 Å². The summed E-state index contributed by atoms with van der Waals surface area (Å²) >= 11 is 0. The standard InChI is InChI=1S/C13H25NO/c1-9(15)8-14-11-7-10-5-6-13(11,4)12(10,2)3/h9-11,14-15H,5-8H2,1-4H3/t9-,10-,11?,13+/m0/s1. The molecule has 2 rings (SSSR count). The van der Waals surface area contributed by atoms with Crippen molar-refractivity contribution in [2.24, 2.45) is 16.7 Å². The van der Waals surface area contributed by atoms with Crippen molar-refractivity contribution in [3.63, 3.8) is 0 Å². The molecule has 2 aliphatic carbocycles. The monoisotopic (exact) mass is 211 g/mol. The first-order valence-electron chi connectivity index (χ1n) is 6.29. The van der Waals surface area contributed by atoms with E-state index in [9.17, 15) is 5.11 Å². The van der Waals surface area contributed by atoms with Gasteiger partial charge in [-0.3, -0.25) is 0 Å². The molecule has 0 spiro atoms. The zero-order valence-electron chi connectivity index (χ0n) is 10.5. The largest absolute Gasteiger partial charge is 0.392 e. The Morgan fingerprint density at radius 2 is 2.07 bits per heavy atom. The topological polar surface area (TPSA) is 32.3 Å². The number of fused-ring (bicyclic) bond motifs is 2. The molecule has 2 bridgehead atoms. The van der Waals surface area contributed by atoms with Gasteiger partial charge in [-0.2, -0.15) is 0 Å². The number of aliphatic hydroxyl groups excluding tert-OH is 1. The minimum atomic E-state index is -0.226. The average molecular weight is 211 g/mol. The first-order chi connectivity index (χ1) is 6.88. The van der Waals surface area contributed by atoms with Gasteiger partial charge in [-0.1, -0.05) is 20.8 Å². The molecular weight excluding hydrogens is 186 g/mol. The number of hydrogen-bond donors (Lipinski definition) is 2. The van der Waals surface area contributed by atoms with Crippen LogP contribution < -0.4 is 5.32 Å². The number of rotatable bonds is 3. The summed E-state index contributed by atoms with van der Waals surface area (Å²) < 4.78 is 0. The molecule has 0 heterocycles. The zero-order valence-corrected chi connectivity index (χ0v) is 10.5. The molecule has 0 aromatic heterocycles. The van der Waals surface area contributed by atoms with Gasteiger partial charge in [0, 0.05) is 12.6 Å². The summed E-state index contributed by atoms with van der Waals surface area (Å²) in [6.45, 7) is 9.87. The summed E-state index contributed by atoms with van der Waals surface area (Å²) in [4.78, 5) is 0. The third-order valence-electron chi connectivity index (χ3n) is 5.45. The van der Waals surface area contributed by atoms with E-state index in [2.05, 4.69) is 26.1 Å². The molecule has 1 unspecified atom stereocenters. The average Bonchev–Trinajstić information content (AvgIpc) is 2.46. The highest BCUT2D eigenvalue weighted by atomic mass is 16.3. The van der Waals surface area contributed by atoms with E-state index >= 15 is 0 Å². The van der Waals surface area contributed by atoms with E-state index in [1.165, 1.54) is 19.3 Å². The third kappa shape index (κ3) is 1.53. The predicted molar refractivity (Wildman–Crippen MR) is 62.7 cm³/mol. The lowest BCUT2D eigenvalue weighted by molar-refractivity contribution is 0.109. The van der Waals surface area contributed by atoms with Crippen molar-refractivity contribution in [2.45, 2.75) is 59.1 Å². The van der Waals surface area contributed by atoms with E-state index in [1.807, 2.05) is 6.92 Å². The molecule has 0 aromatic rings. The summed E-state index contributed by atoms with van der Waals surface area (Å²) in [5.41, 5.74) is 0.913. The van der Waals surface area contributed by atoms with Crippen molar-refractivity contribution >= 4 is 0 Å². The quantitative estimate of drug-likeness (QED) is 0.750. The minimum absolute atomic E-state index is 0.226. The highest BCUT2D eigenvalue weighted by Gasteiger charge is 2.60. The van der Waals surface area contributed by atoms with E-state index < -0.39 is 0 Å². The second-order valence-corrected chi connectivity index (χ2v) is 6.42. The Morgan fingerprint density at radius 3 is 2.47 bits per heavy atom. The van der Waals surface area contributed by atoms with E-state index in [-0.39, 0.29) is 6.10 Å². The van der Waals surface area contributed by atoms with Gasteiger partial charge in [0.2, 0.25) is 0 Å². The van der Waals surface area contributed by atoms with Gasteiger partial charge >= 0.3 is 0 Å². The smallest absolute Gasteiger partial charge is 0.0636 e. The Bertz CT molecular complexity index is 249. The van der Waals surface area contributed by atoms with E-state index in [4.69, 9.17) is 0 Å². The second-order valence-electron chi connectivity index (χ2n) is 6.42. The molecule has 0 aliphatic heterocycles. The van der Waals surface area contributed by atoms with Gasteiger partial charge < -0.3 is 10.4 Å². The minimum Gasteiger partial charge on any atom is -0.392 e. The molecular formula is C13H25NO. The van der Waals surface area contributed by atoms with E-state index in [0.717, 1.165) is 12.5 Å². The molecule has 0 aromatic carbocycles. The molecule has 4 atom stereocenters. The number of aliphatic hydroxyl groups is 1. The van der Waals surface area contributed by atoms with Crippen LogP contribution in [0.3, 0.4) is 0 Å². The predicted octanol–water partition coefficient (Wildman–Crippen LogP) is 2.17. The first-order valence-corrected chi connectivity index (χ1v) is 6.29. The maximum absolute atomic E-state index is 9.33. The third-order valence-corrected chi connectivity index (χ3v) is 5.45. The summed E-state index contributed by atoms with van der Waals surface area (Å²) in [7, 11) is 0. The number of nitrogens with one attached hydrogen (secondary N) is 1. The van der Waals surface area contributed by atoms with Crippen LogP contribution in [0.1, 0.15) is 47.0 Å². The Labute approximate surface area is 93.5 Å². The fourth-order valence-electron chi connectivity index (χ4n) is 3.83. The van der Waals surface area contributed by atoms with Crippen LogP contribution in [0.5, 0.6) is 0 Å². The van der Waals surface area contributed by atoms with Gasteiger partial charge in [-0.05, 0) is 42.9 Å². The van der Waals surface area contributed by atoms with E-state index in [0.29, 0.717) is 16.9 Å². The maximum atomic E-state index is 9.33. The Kier molecular flexibility index (Phi) is 2.63. The molecule has 0 saturated heterocycles. The summed E-state index contributed by atoms with van der Waals surface area (Å²) in [6.07, 6.45) is 3.82. The van der Waals surface area contributed by atoms with Crippen LogP contribution in [0.25, 0.3) is 0 Å². The normalized spacial score (nSPS) is 44.6. The van der Waals surface area contributed by atoms with Crippen molar-refractivity contribution in [3.05, 3.63) is 0 Å². The molecule has 2 saturated carbocycles. The summed E-state index contributed by atoms with van der Waals surface area (Å²) in [5.74, 6) is 0.883. The van der Waals surface area contributed by atoms with Crippen molar-refractivity contribution in [1.29, 1.82) is 0 Å². The summed E-state index contributed by atoms with van der Waals surface area (Å²) in [5, 5.41) is 12.9. The van der Waals surface area contributed by atoms with Crippen molar-refractivity contribution < 1.29 is 5.11 Å². The lowest BCUT2D eigenvalue weighted by Gasteiger charge is -2.39. The molecule has 88 valence electrons. The molecule has 2 nitrogen and oxygen atoms in total. The molecule has 0 radical (unpaired) electrons. The van der Waals surface area contributed by atoms with Gasteiger partial charge in [-0.15, -0.1) is 0 Å². The fraction of sp³-hybridized carbons (Fsp3) is 1.00. The zero-order chi connectivity index (χ0) is 11.3. The Hall–Kier alpha value is -0.0800. The van der Waals surface area contributed by atoms with Crippen LogP contribution in [-0.4, -0.2) is 23.8 Å². The van der Waals surface area contributed by atoms with Crippen molar-refractivity contribution in [2.75, 3.05) is 6.54 Å². The van der Waals surface area contributed by atoms with Gasteiger partial charge in [0.15, 0.2) is 0 Å². The highest BCUT2D eigenvalue weighted by molar-refractivity contribution is 5.12. The lowest BCUT2D eigenvalue weighted by Crippen LogP contribution is -2.46. The van der Waals surface area contributed by atoms with Gasteiger partial charge in [-0.25, -0.2) is 0 Å². The van der Waals surface area contributed by atoms with Crippen molar-refractivity contribution in [3.8, 4) is 0 Å². The van der Waals surface area contributed by atoms with Crippen LogP contribution in [0, 0.1) is 16.7 Å². The fourth-order valence-corrected chi connectivity index (χ4v) is 3.83. The molecule has 2 heteroatoms. The van der Waals surface area contributed by atoms with Crippen LogP contribution in [-0.2, 0) is 0 Å². The second kappa shape index (κ2) is 3.46. The first kappa shape index (κ1) is 11.4. The van der Waals surface area contributed by atoms with Crippen LogP contribution >= 0.6 is 0 Å². The maximum Gasteiger partial charge on any atom is 0.0636 e. The van der Waals surface area contributed by atoms with Crippen LogP contribution in [0.4, 0.5) is 0 Å².